The minimum Gasteiger partial charge on any atom is -0.363 e. The maximum Gasteiger partial charge on any atom is 0.270 e. The van der Waals surface area contributed by atoms with E-state index < -0.39 is 0 Å². The second-order valence-electron chi connectivity index (χ2n) is 7.76. The summed E-state index contributed by atoms with van der Waals surface area (Å²) in [7, 11) is 0. The van der Waals surface area contributed by atoms with Gasteiger partial charge in [0.25, 0.3) is 5.91 Å². The molecule has 0 bridgehead atoms. The summed E-state index contributed by atoms with van der Waals surface area (Å²) in [6, 6.07) is 20.7. The van der Waals surface area contributed by atoms with E-state index in [1.165, 1.54) is 6.26 Å². The smallest absolute Gasteiger partial charge is 0.270 e. The summed E-state index contributed by atoms with van der Waals surface area (Å²) >= 11 is 0. The Labute approximate surface area is 201 Å². The molecule has 1 aromatic carbocycles. The van der Waals surface area contributed by atoms with Gasteiger partial charge in [0.1, 0.15) is 17.8 Å². The van der Waals surface area contributed by atoms with E-state index >= 15 is 0 Å². The minimum absolute atomic E-state index is 0.276. The number of rotatable bonds is 7. The molecule has 0 saturated heterocycles. The number of anilines is 2. The second kappa shape index (κ2) is 9.92. The summed E-state index contributed by atoms with van der Waals surface area (Å²) in [5, 5.41) is 9.77. The normalized spacial score (nSPS) is 10.7. The van der Waals surface area contributed by atoms with Crippen molar-refractivity contribution in [1.82, 2.24) is 30.4 Å². The third-order valence-corrected chi connectivity index (χ3v) is 5.15. The Morgan fingerprint density at radius 1 is 0.886 bits per heavy atom. The summed E-state index contributed by atoms with van der Waals surface area (Å²) < 4.78 is 4.83. The molecule has 0 aliphatic rings. The van der Waals surface area contributed by atoms with E-state index in [2.05, 4.69) is 35.7 Å². The number of pyridine rings is 2. The largest absolute Gasteiger partial charge is 0.363 e. The Kier molecular flexibility index (Phi) is 6.21. The zero-order valence-corrected chi connectivity index (χ0v) is 18.8. The van der Waals surface area contributed by atoms with Crippen molar-refractivity contribution in [1.29, 1.82) is 0 Å². The van der Waals surface area contributed by atoms with Crippen LogP contribution < -0.4 is 10.6 Å². The molecule has 172 valence electrons. The van der Waals surface area contributed by atoms with Crippen molar-refractivity contribution in [3.63, 3.8) is 0 Å². The molecule has 0 atom stereocenters. The number of carbonyl (C=O) groups is 1. The SMILES string of the molecule is Cc1cc(Nc2ccon2)nc(-c2ccc(C(=O)NCc3ccc(-c4ccccc4)nc3)nc2)n1. The maximum atomic E-state index is 12.6. The molecule has 5 aromatic rings. The molecular weight excluding hydrogens is 442 g/mol. The predicted octanol–water partition coefficient (Wildman–Crippen LogP) is 4.57. The molecule has 0 radical (unpaired) electrons. The minimum atomic E-state index is -0.276. The number of aromatic nitrogens is 5. The summed E-state index contributed by atoms with van der Waals surface area (Å²) in [6.45, 7) is 2.22. The lowest BCUT2D eigenvalue weighted by Crippen LogP contribution is -2.23. The Bertz CT molecular complexity index is 1420. The summed E-state index contributed by atoms with van der Waals surface area (Å²) in [6.07, 6.45) is 4.82. The van der Waals surface area contributed by atoms with Crippen LogP contribution in [0.3, 0.4) is 0 Å². The van der Waals surface area contributed by atoms with Gasteiger partial charge >= 0.3 is 0 Å². The lowest BCUT2D eigenvalue weighted by molar-refractivity contribution is 0.0946. The van der Waals surface area contributed by atoms with E-state index in [1.807, 2.05) is 49.4 Å². The zero-order chi connectivity index (χ0) is 24.0. The van der Waals surface area contributed by atoms with E-state index in [-0.39, 0.29) is 5.91 Å². The molecule has 0 spiro atoms. The third kappa shape index (κ3) is 5.36. The molecular formula is C26H21N7O2. The van der Waals surface area contributed by atoms with E-state index in [1.54, 1.807) is 36.7 Å². The molecule has 0 fully saturated rings. The quantitative estimate of drug-likeness (QED) is 0.360. The molecule has 0 aliphatic heterocycles. The highest BCUT2D eigenvalue weighted by atomic mass is 16.5. The number of carbonyl (C=O) groups excluding carboxylic acids is 1. The number of nitrogens with zero attached hydrogens (tertiary/aromatic N) is 5. The summed E-state index contributed by atoms with van der Waals surface area (Å²) in [5.41, 5.74) is 4.59. The monoisotopic (exact) mass is 463 g/mol. The Hall–Kier alpha value is -4.92. The van der Waals surface area contributed by atoms with Crippen LogP contribution in [0.2, 0.25) is 0 Å². The van der Waals surface area contributed by atoms with Gasteiger partial charge in [0.05, 0.1) is 5.69 Å². The highest BCUT2D eigenvalue weighted by molar-refractivity contribution is 5.92. The molecule has 4 heterocycles. The van der Waals surface area contributed by atoms with E-state index in [0.29, 0.717) is 35.3 Å². The van der Waals surface area contributed by atoms with Gasteiger partial charge in [-0.3, -0.25) is 14.8 Å². The zero-order valence-electron chi connectivity index (χ0n) is 18.8. The lowest BCUT2D eigenvalue weighted by atomic mass is 10.1. The first-order valence-corrected chi connectivity index (χ1v) is 10.9. The number of aryl methyl sites for hydroxylation is 1. The number of nitrogens with one attached hydrogen (secondary N) is 2. The Morgan fingerprint density at radius 2 is 1.77 bits per heavy atom. The highest BCUT2D eigenvalue weighted by Gasteiger charge is 2.11. The predicted molar refractivity (Wildman–Crippen MR) is 131 cm³/mol. The topological polar surface area (TPSA) is 119 Å². The van der Waals surface area contributed by atoms with Crippen molar-refractivity contribution >= 4 is 17.5 Å². The molecule has 0 unspecified atom stereocenters. The number of hydrogen-bond acceptors (Lipinski definition) is 8. The highest BCUT2D eigenvalue weighted by Crippen LogP contribution is 2.20. The Balaban J connectivity index is 1.23. The number of hydrogen-bond donors (Lipinski definition) is 2. The van der Waals surface area contributed by atoms with Crippen molar-refractivity contribution in [2.45, 2.75) is 13.5 Å². The van der Waals surface area contributed by atoms with Gasteiger partial charge in [-0.25, -0.2) is 9.97 Å². The Morgan fingerprint density at radius 3 is 2.49 bits per heavy atom. The van der Waals surface area contributed by atoms with Crippen LogP contribution in [-0.4, -0.2) is 31.0 Å². The van der Waals surface area contributed by atoms with Crippen LogP contribution in [0.1, 0.15) is 21.7 Å². The fraction of sp³-hybridized carbons (Fsp3) is 0.0769. The number of amides is 1. The molecule has 35 heavy (non-hydrogen) atoms. The van der Waals surface area contributed by atoms with Crippen molar-refractivity contribution < 1.29 is 9.32 Å². The van der Waals surface area contributed by atoms with Crippen LogP contribution in [0.5, 0.6) is 0 Å². The van der Waals surface area contributed by atoms with Gasteiger partial charge in [-0.2, -0.15) is 0 Å². The average molecular weight is 464 g/mol. The molecule has 4 aromatic heterocycles. The molecule has 9 heteroatoms. The van der Waals surface area contributed by atoms with Crippen LogP contribution >= 0.6 is 0 Å². The van der Waals surface area contributed by atoms with Gasteiger partial charge in [-0.15, -0.1) is 0 Å². The molecule has 5 rings (SSSR count). The fourth-order valence-electron chi connectivity index (χ4n) is 3.41. The first-order chi connectivity index (χ1) is 17.1. The first-order valence-electron chi connectivity index (χ1n) is 10.9. The van der Waals surface area contributed by atoms with Gasteiger partial charge in [-0.05, 0) is 30.7 Å². The van der Waals surface area contributed by atoms with E-state index in [9.17, 15) is 4.79 Å². The molecule has 0 saturated carbocycles. The summed E-state index contributed by atoms with van der Waals surface area (Å²) in [4.78, 5) is 30.4. The van der Waals surface area contributed by atoms with Crippen molar-refractivity contribution in [2.75, 3.05) is 5.32 Å². The van der Waals surface area contributed by atoms with Crippen LogP contribution in [-0.2, 0) is 6.54 Å². The average Bonchev–Trinajstić information content (AvgIpc) is 3.41. The second-order valence-corrected chi connectivity index (χ2v) is 7.76. The molecule has 0 aliphatic carbocycles. The van der Waals surface area contributed by atoms with Gasteiger partial charge in [-0.1, -0.05) is 41.6 Å². The van der Waals surface area contributed by atoms with Gasteiger partial charge in [0.2, 0.25) is 0 Å². The van der Waals surface area contributed by atoms with Crippen LogP contribution in [0.4, 0.5) is 11.6 Å². The standard InChI is InChI=1S/C26H21N7O2/c1-17-13-24(31-23-11-12-35-33-23)32-25(30-17)20-8-10-22(28-16-20)26(34)29-15-18-7-9-21(27-14-18)19-5-3-2-4-6-19/h2-14,16H,15H2,1H3,(H,29,34)(H,30,31,32,33). The molecule has 9 nitrogen and oxygen atoms in total. The van der Waals surface area contributed by atoms with E-state index in [4.69, 9.17) is 4.52 Å². The third-order valence-electron chi connectivity index (χ3n) is 5.15. The molecule has 1 amide bonds. The van der Waals surface area contributed by atoms with Gasteiger partial charge < -0.3 is 15.2 Å². The van der Waals surface area contributed by atoms with Gasteiger partial charge in [0.15, 0.2) is 11.6 Å². The lowest BCUT2D eigenvalue weighted by Gasteiger charge is -2.08. The summed E-state index contributed by atoms with van der Waals surface area (Å²) in [5.74, 6) is 1.33. The maximum absolute atomic E-state index is 12.6. The fourth-order valence-corrected chi connectivity index (χ4v) is 3.41. The van der Waals surface area contributed by atoms with Crippen LogP contribution in [0, 0.1) is 6.92 Å². The van der Waals surface area contributed by atoms with E-state index in [0.717, 1.165) is 22.5 Å². The molecule has 2 N–H and O–H groups in total. The van der Waals surface area contributed by atoms with Crippen LogP contribution in [0.25, 0.3) is 22.6 Å². The van der Waals surface area contributed by atoms with Crippen molar-refractivity contribution in [3.8, 4) is 22.6 Å². The number of benzene rings is 1. The van der Waals surface area contributed by atoms with Crippen LogP contribution in [0.15, 0.2) is 89.9 Å². The van der Waals surface area contributed by atoms with Crippen molar-refractivity contribution in [3.05, 3.63) is 102 Å². The van der Waals surface area contributed by atoms with Gasteiger partial charge in [0, 0.05) is 47.9 Å². The van der Waals surface area contributed by atoms with Crippen molar-refractivity contribution in [2.24, 2.45) is 0 Å². The first kappa shape index (κ1) is 21.9.